The Balaban J connectivity index is 2.83. The van der Waals surface area contributed by atoms with Gasteiger partial charge in [0.05, 0.1) is 11.9 Å². The molecule has 1 atom stereocenters. The molecule has 0 aliphatic rings. The van der Waals surface area contributed by atoms with Crippen LogP contribution < -0.4 is 5.56 Å². The summed E-state index contributed by atoms with van der Waals surface area (Å²) in [6.07, 6.45) is 0. The minimum Gasteiger partial charge on any atom is -0.480 e. The predicted octanol–water partition coefficient (Wildman–Crippen LogP) is 1.78. The minimum absolute atomic E-state index is 0.270. The maximum absolute atomic E-state index is 12.8. The number of nitrogens with zero attached hydrogens (tertiary/aromatic N) is 3. The maximum Gasteiger partial charge on any atom is 0.326 e. The molecule has 21 heavy (non-hydrogen) atoms. The molecule has 0 radical (unpaired) electrons. The van der Waals surface area contributed by atoms with Crippen LogP contribution in [0.3, 0.4) is 0 Å². The fraction of sp³-hybridized carbons (Fsp3) is 0.500. The summed E-state index contributed by atoms with van der Waals surface area (Å²) in [4.78, 5) is 32.2. The molecule has 2 heterocycles. The van der Waals surface area contributed by atoms with Gasteiger partial charge in [-0.1, -0.05) is 0 Å². The monoisotopic (exact) mass is 309 g/mol. The lowest BCUT2D eigenvalue weighted by Crippen LogP contribution is -2.33. The Morgan fingerprint density at radius 1 is 1.43 bits per heavy atom. The highest BCUT2D eigenvalue weighted by molar-refractivity contribution is 7.18. The third-order valence-corrected chi connectivity index (χ3v) is 4.61. The number of hydrogen-bond donors (Lipinski definition) is 1. The Kier molecular flexibility index (Phi) is 4.15. The van der Waals surface area contributed by atoms with Crippen molar-refractivity contribution in [2.45, 2.75) is 33.4 Å². The number of aryl methyl sites for hydroxylation is 2. The van der Waals surface area contributed by atoms with Crippen molar-refractivity contribution in [1.29, 1.82) is 0 Å². The van der Waals surface area contributed by atoms with Crippen LogP contribution in [-0.4, -0.2) is 39.6 Å². The van der Waals surface area contributed by atoms with E-state index in [-0.39, 0.29) is 5.56 Å². The molecule has 0 bridgehead atoms. The number of carboxylic acid groups (broad SMARTS) is 1. The third-order valence-electron chi connectivity index (χ3n) is 3.51. The van der Waals surface area contributed by atoms with Gasteiger partial charge in [0.2, 0.25) is 0 Å². The molecule has 2 aromatic rings. The molecule has 7 heteroatoms. The highest BCUT2D eigenvalue weighted by Gasteiger charge is 2.23. The van der Waals surface area contributed by atoms with Gasteiger partial charge in [-0.25, -0.2) is 9.78 Å². The van der Waals surface area contributed by atoms with Gasteiger partial charge in [0.15, 0.2) is 0 Å². The highest BCUT2D eigenvalue weighted by atomic mass is 32.1. The number of fused-ring (bicyclic) bond motifs is 1. The van der Waals surface area contributed by atoms with Crippen molar-refractivity contribution in [3.05, 3.63) is 26.6 Å². The molecule has 0 spiro atoms. The Morgan fingerprint density at radius 3 is 2.57 bits per heavy atom. The van der Waals surface area contributed by atoms with E-state index in [4.69, 9.17) is 0 Å². The molecular formula is C14H19N3O3S. The molecule has 2 aromatic heterocycles. The van der Waals surface area contributed by atoms with Crippen molar-refractivity contribution in [3.8, 4) is 0 Å². The molecule has 1 unspecified atom stereocenters. The van der Waals surface area contributed by atoms with Gasteiger partial charge < -0.3 is 10.0 Å². The molecule has 0 aliphatic carbocycles. The zero-order valence-corrected chi connectivity index (χ0v) is 13.6. The van der Waals surface area contributed by atoms with E-state index in [0.717, 1.165) is 10.4 Å². The van der Waals surface area contributed by atoms with Crippen LogP contribution in [0, 0.1) is 13.8 Å². The number of thiophene rings is 1. The Labute approximate surface area is 126 Å². The second-order valence-electron chi connectivity index (χ2n) is 5.42. The normalized spacial score (nSPS) is 13.0. The van der Waals surface area contributed by atoms with Crippen LogP contribution in [0.25, 0.3) is 10.2 Å². The summed E-state index contributed by atoms with van der Waals surface area (Å²) >= 11 is 1.47. The fourth-order valence-corrected chi connectivity index (χ4v) is 3.29. The second kappa shape index (κ2) is 5.57. The van der Waals surface area contributed by atoms with Crippen molar-refractivity contribution < 1.29 is 9.90 Å². The van der Waals surface area contributed by atoms with E-state index in [1.54, 1.807) is 0 Å². The zero-order valence-electron chi connectivity index (χ0n) is 12.8. The molecule has 0 saturated carbocycles. The molecular weight excluding hydrogens is 290 g/mol. The van der Waals surface area contributed by atoms with E-state index >= 15 is 0 Å². The smallest absolute Gasteiger partial charge is 0.326 e. The maximum atomic E-state index is 12.8. The lowest BCUT2D eigenvalue weighted by Gasteiger charge is -2.18. The second-order valence-corrected chi connectivity index (χ2v) is 6.62. The SMILES string of the molecule is Cc1sc2nc(CN(C)C)n(C(C)C(=O)O)c(=O)c2c1C. The van der Waals surface area contributed by atoms with Crippen LogP contribution in [-0.2, 0) is 11.3 Å². The summed E-state index contributed by atoms with van der Waals surface area (Å²) in [5, 5.41) is 9.80. The molecule has 0 aromatic carbocycles. The quantitative estimate of drug-likeness (QED) is 0.932. The summed E-state index contributed by atoms with van der Waals surface area (Å²) in [5.41, 5.74) is 0.615. The first kappa shape index (κ1) is 15.7. The first-order chi connectivity index (χ1) is 9.73. The van der Waals surface area contributed by atoms with Crippen molar-refractivity contribution in [2.75, 3.05) is 14.1 Å². The van der Waals surface area contributed by atoms with Crippen LogP contribution in [0.1, 0.15) is 29.2 Å². The van der Waals surface area contributed by atoms with Gasteiger partial charge in [-0.05, 0) is 40.4 Å². The van der Waals surface area contributed by atoms with Crippen molar-refractivity contribution in [2.24, 2.45) is 0 Å². The molecule has 6 nitrogen and oxygen atoms in total. The van der Waals surface area contributed by atoms with Gasteiger partial charge in [0.25, 0.3) is 5.56 Å². The van der Waals surface area contributed by atoms with E-state index in [1.165, 1.54) is 22.8 Å². The Hall–Kier alpha value is -1.73. The van der Waals surface area contributed by atoms with E-state index in [0.29, 0.717) is 22.6 Å². The number of carboxylic acids is 1. The van der Waals surface area contributed by atoms with E-state index in [9.17, 15) is 14.7 Å². The average Bonchev–Trinajstić information content (AvgIpc) is 2.63. The third kappa shape index (κ3) is 2.71. The van der Waals surface area contributed by atoms with E-state index in [1.807, 2.05) is 32.8 Å². The largest absolute Gasteiger partial charge is 0.480 e. The van der Waals surface area contributed by atoms with E-state index in [2.05, 4.69) is 4.98 Å². The van der Waals surface area contributed by atoms with Crippen molar-refractivity contribution >= 4 is 27.5 Å². The van der Waals surface area contributed by atoms with Crippen LogP contribution in [0.4, 0.5) is 0 Å². The molecule has 0 saturated heterocycles. The molecule has 2 rings (SSSR count). The summed E-state index contributed by atoms with van der Waals surface area (Å²) in [6.45, 7) is 5.74. The van der Waals surface area contributed by atoms with E-state index < -0.39 is 12.0 Å². The van der Waals surface area contributed by atoms with Gasteiger partial charge in [-0.2, -0.15) is 0 Å². The van der Waals surface area contributed by atoms with Gasteiger partial charge in [-0.3, -0.25) is 9.36 Å². The molecule has 0 aliphatic heterocycles. The minimum atomic E-state index is -1.04. The number of rotatable bonds is 4. The summed E-state index contributed by atoms with van der Waals surface area (Å²) in [7, 11) is 3.72. The molecule has 114 valence electrons. The number of carbonyl (C=O) groups is 1. The fourth-order valence-electron chi connectivity index (χ4n) is 2.25. The van der Waals surface area contributed by atoms with Crippen LogP contribution in [0.5, 0.6) is 0 Å². The number of aromatic nitrogens is 2. The molecule has 0 amide bonds. The first-order valence-corrected chi connectivity index (χ1v) is 7.44. The number of aliphatic carboxylic acids is 1. The van der Waals surface area contributed by atoms with Crippen molar-refractivity contribution in [1.82, 2.24) is 14.5 Å². The van der Waals surface area contributed by atoms with Gasteiger partial charge >= 0.3 is 5.97 Å². The molecule has 0 fully saturated rings. The highest BCUT2D eigenvalue weighted by Crippen LogP contribution is 2.27. The van der Waals surface area contributed by atoms with Gasteiger partial charge in [-0.15, -0.1) is 11.3 Å². The summed E-state index contributed by atoms with van der Waals surface area (Å²) in [5.74, 6) is -0.559. The topological polar surface area (TPSA) is 75.4 Å². The molecule has 1 N–H and O–H groups in total. The Bertz CT molecular complexity index is 761. The predicted molar refractivity (Wildman–Crippen MR) is 83.1 cm³/mol. The van der Waals surface area contributed by atoms with Gasteiger partial charge in [0.1, 0.15) is 16.7 Å². The van der Waals surface area contributed by atoms with Crippen LogP contribution in [0.2, 0.25) is 0 Å². The average molecular weight is 309 g/mol. The van der Waals surface area contributed by atoms with Gasteiger partial charge in [0, 0.05) is 4.88 Å². The summed E-state index contributed by atoms with van der Waals surface area (Å²) < 4.78 is 1.30. The summed E-state index contributed by atoms with van der Waals surface area (Å²) in [6, 6.07) is -0.941. The first-order valence-electron chi connectivity index (χ1n) is 6.62. The lowest BCUT2D eigenvalue weighted by molar-refractivity contribution is -0.140. The Morgan fingerprint density at radius 2 is 2.05 bits per heavy atom. The lowest BCUT2D eigenvalue weighted by atomic mass is 10.2. The zero-order chi connectivity index (χ0) is 15.9. The standard InChI is InChI=1S/C14H19N3O3S/c1-7-9(3)21-12-11(7)13(18)17(8(2)14(19)20)10(15-12)6-16(4)5/h8H,6H2,1-5H3,(H,19,20). The van der Waals surface area contributed by atoms with Crippen LogP contribution in [0.15, 0.2) is 4.79 Å². The van der Waals surface area contributed by atoms with Crippen LogP contribution >= 0.6 is 11.3 Å². The van der Waals surface area contributed by atoms with Crippen molar-refractivity contribution in [3.63, 3.8) is 0 Å². The number of hydrogen-bond acceptors (Lipinski definition) is 5.